The van der Waals surface area contributed by atoms with Crippen LogP contribution in [0.1, 0.15) is 28.4 Å². The van der Waals surface area contributed by atoms with E-state index >= 15 is 0 Å². The summed E-state index contributed by atoms with van der Waals surface area (Å²) in [4.78, 5) is 23.8. The fraction of sp³-hybridized carbons (Fsp3) is 0.0909. The molecule has 0 aliphatic rings. The third kappa shape index (κ3) is 5.05. The molecule has 0 aliphatic heterocycles. The van der Waals surface area contributed by atoms with Gasteiger partial charge in [0, 0.05) is 10.0 Å². The van der Waals surface area contributed by atoms with Gasteiger partial charge in [-0.2, -0.15) is 0 Å². The molecule has 0 aliphatic carbocycles. The number of aliphatic carboxylic acids is 1. The molecule has 0 radical (unpaired) electrons. The second-order valence-corrected chi connectivity index (χ2v) is 7.04. The maximum absolute atomic E-state index is 12.5. The fourth-order valence-electron chi connectivity index (χ4n) is 2.84. The molecule has 3 rings (SSSR count). The summed E-state index contributed by atoms with van der Waals surface area (Å²) in [5.41, 5.74) is 3.34. The van der Waals surface area contributed by atoms with E-state index in [9.17, 15) is 14.7 Å². The number of amides is 1. The zero-order valence-electron chi connectivity index (χ0n) is 14.4. The Labute approximate surface area is 166 Å². The molecular weight excluding hydrogens is 406 g/mol. The molecule has 0 saturated heterocycles. The molecule has 0 heterocycles. The first-order valence-electron chi connectivity index (χ1n) is 8.46. The SMILES string of the molecule is O=C(O)CC(NC(=O)c1cccc(Br)c1)c1ccc(-c2ccccc2)cc1. The molecule has 136 valence electrons. The molecule has 27 heavy (non-hydrogen) atoms. The monoisotopic (exact) mass is 423 g/mol. The van der Waals surface area contributed by atoms with Crippen molar-refractivity contribution in [2.24, 2.45) is 0 Å². The third-order valence-electron chi connectivity index (χ3n) is 4.19. The van der Waals surface area contributed by atoms with Gasteiger partial charge in [-0.25, -0.2) is 0 Å². The van der Waals surface area contributed by atoms with E-state index in [4.69, 9.17) is 0 Å². The molecule has 4 nitrogen and oxygen atoms in total. The van der Waals surface area contributed by atoms with Gasteiger partial charge in [0.05, 0.1) is 12.5 Å². The number of benzene rings is 3. The molecule has 0 spiro atoms. The lowest BCUT2D eigenvalue weighted by Crippen LogP contribution is -2.30. The van der Waals surface area contributed by atoms with Gasteiger partial charge in [-0.1, -0.05) is 76.6 Å². The van der Waals surface area contributed by atoms with Gasteiger partial charge in [0.2, 0.25) is 0 Å². The van der Waals surface area contributed by atoms with Crippen molar-refractivity contribution in [2.75, 3.05) is 0 Å². The predicted octanol–water partition coefficient (Wildman–Crippen LogP) is 5.06. The largest absolute Gasteiger partial charge is 0.481 e. The molecule has 0 saturated carbocycles. The molecule has 1 amide bonds. The predicted molar refractivity (Wildman–Crippen MR) is 108 cm³/mol. The van der Waals surface area contributed by atoms with Crippen LogP contribution in [-0.4, -0.2) is 17.0 Å². The first kappa shape index (κ1) is 18.9. The van der Waals surface area contributed by atoms with Crippen LogP contribution in [0.2, 0.25) is 0 Å². The number of carbonyl (C=O) groups is 2. The quantitative estimate of drug-likeness (QED) is 0.581. The number of halogens is 1. The molecule has 1 atom stereocenters. The highest BCUT2D eigenvalue weighted by atomic mass is 79.9. The number of hydrogen-bond acceptors (Lipinski definition) is 2. The van der Waals surface area contributed by atoms with Gasteiger partial charge in [-0.05, 0) is 34.9 Å². The first-order valence-corrected chi connectivity index (χ1v) is 9.26. The molecule has 3 aromatic carbocycles. The maximum atomic E-state index is 12.5. The van der Waals surface area contributed by atoms with Gasteiger partial charge in [-0.15, -0.1) is 0 Å². The van der Waals surface area contributed by atoms with Crippen LogP contribution in [-0.2, 0) is 4.79 Å². The maximum Gasteiger partial charge on any atom is 0.305 e. The number of rotatable bonds is 6. The molecular formula is C22H18BrNO3. The van der Waals surface area contributed by atoms with Crippen LogP contribution in [0, 0.1) is 0 Å². The van der Waals surface area contributed by atoms with E-state index in [1.54, 1.807) is 18.2 Å². The first-order chi connectivity index (χ1) is 13.0. The molecule has 0 aromatic heterocycles. The zero-order valence-corrected chi connectivity index (χ0v) is 16.0. The van der Waals surface area contributed by atoms with Crippen LogP contribution in [0.4, 0.5) is 0 Å². The van der Waals surface area contributed by atoms with E-state index in [0.29, 0.717) is 5.56 Å². The summed E-state index contributed by atoms with van der Waals surface area (Å²) in [7, 11) is 0. The Balaban J connectivity index is 1.82. The second-order valence-electron chi connectivity index (χ2n) is 6.12. The van der Waals surface area contributed by atoms with Gasteiger partial charge in [0.1, 0.15) is 0 Å². The summed E-state index contributed by atoms with van der Waals surface area (Å²) < 4.78 is 0.789. The van der Waals surface area contributed by atoms with Crippen molar-refractivity contribution in [3.05, 3.63) is 94.5 Å². The number of carbonyl (C=O) groups excluding carboxylic acids is 1. The Bertz CT molecular complexity index is 939. The van der Waals surface area contributed by atoms with E-state index in [0.717, 1.165) is 21.2 Å². The van der Waals surface area contributed by atoms with Crippen molar-refractivity contribution < 1.29 is 14.7 Å². The Morgan fingerprint density at radius 1 is 0.889 bits per heavy atom. The average molecular weight is 424 g/mol. The smallest absolute Gasteiger partial charge is 0.305 e. The van der Waals surface area contributed by atoms with E-state index in [-0.39, 0.29) is 12.3 Å². The highest BCUT2D eigenvalue weighted by Gasteiger charge is 2.19. The standard InChI is InChI=1S/C22H18BrNO3/c23-19-8-4-7-18(13-19)22(27)24-20(14-21(25)26)17-11-9-16(10-12-17)15-5-2-1-3-6-15/h1-13,20H,14H2,(H,24,27)(H,25,26). The van der Waals surface area contributed by atoms with Crippen molar-refractivity contribution in [3.8, 4) is 11.1 Å². The average Bonchev–Trinajstić information content (AvgIpc) is 2.68. The van der Waals surface area contributed by atoms with Crippen LogP contribution < -0.4 is 5.32 Å². The minimum absolute atomic E-state index is 0.190. The third-order valence-corrected chi connectivity index (χ3v) is 4.68. The number of hydrogen-bond donors (Lipinski definition) is 2. The van der Waals surface area contributed by atoms with Crippen molar-refractivity contribution in [2.45, 2.75) is 12.5 Å². The van der Waals surface area contributed by atoms with Gasteiger partial charge in [-0.3, -0.25) is 9.59 Å². The Morgan fingerprint density at radius 3 is 2.19 bits per heavy atom. The lowest BCUT2D eigenvalue weighted by molar-refractivity contribution is -0.137. The van der Waals surface area contributed by atoms with Crippen LogP contribution in [0.25, 0.3) is 11.1 Å². The Morgan fingerprint density at radius 2 is 1.56 bits per heavy atom. The number of carboxylic acid groups (broad SMARTS) is 1. The lowest BCUT2D eigenvalue weighted by atomic mass is 9.99. The summed E-state index contributed by atoms with van der Waals surface area (Å²) in [6.45, 7) is 0. The van der Waals surface area contributed by atoms with Gasteiger partial charge >= 0.3 is 5.97 Å². The Kier molecular flexibility index (Phi) is 6.04. The molecule has 0 bridgehead atoms. The second kappa shape index (κ2) is 8.64. The summed E-state index contributed by atoms with van der Waals surface area (Å²) in [6, 6.07) is 23.9. The van der Waals surface area contributed by atoms with Gasteiger partial charge < -0.3 is 10.4 Å². The van der Waals surface area contributed by atoms with E-state index in [1.807, 2.05) is 60.7 Å². The molecule has 5 heteroatoms. The zero-order chi connectivity index (χ0) is 19.2. The van der Waals surface area contributed by atoms with Crippen molar-refractivity contribution >= 4 is 27.8 Å². The van der Waals surface area contributed by atoms with E-state index in [1.165, 1.54) is 0 Å². The summed E-state index contributed by atoms with van der Waals surface area (Å²) >= 11 is 3.34. The number of nitrogens with one attached hydrogen (secondary N) is 1. The lowest BCUT2D eigenvalue weighted by Gasteiger charge is -2.18. The van der Waals surface area contributed by atoms with Crippen molar-refractivity contribution in [3.63, 3.8) is 0 Å². The molecule has 3 aromatic rings. The van der Waals surface area contributed by atoms with Crippen LogP contribution in [0.5, 0.6) is 0 Å². The van der Waals surface area contributed by atoms with Gasteiger partial charge in [0.15, 0.2) is 0 Å². The minimum atomic E-state index is -0.971. The summed E-state index contributed by atoms with van der Waals surface area (Å²) in [5.74, 6) is -1.28. The topological polar surface area (TPSA) is 66.4 Å². The normalized spacial score (nSPS) is 11.6. The number of carboxylic acids is 1. The molecule has 2 N–H and O–H groups in total. The highest BCUT2D eigenvalue weighted by Crippen LogP contribution is 2.24. The molecule has 1 unspecified atom stereocenters. The highest BCUT2D eigenvalue weighted by molar-refractivity contribution is 9.10. The van der Waals surface area contributed by atoms with Crippen LogP contribution in [0.15, 0.2) is 83.3 Å². The van der Waals surface area contributed by atoms with E-state index < -0.39 is 12.0 Å². The fourth-order valence-corrected chi connectivity index (χ4v) is 3.24. The van der Waals surface area contributed by atoms with Crippen LogP contribution in [0.3, 0.4) is 0 Å². The van der Waals surface area contributed by atoms with Crippen molar-refractivity contribution in [1.29, 1.82) is 0 Å². The van der Waals surface area contributed by atoms with E-state index in [2.05, 4.69) is 21.2 Å². The van der Waals surface area contributed by atoms with Crippen molar-refractivity contribution in [1.82, 2.24) is 5.32 Å². The summed E-state index contributed by atoms with van der Waals surface area (Å²) in [6.07, 6.45) is -0.190. The minimum Gasteiger partial charge on any atom is -0.481 e. The van der Waals surface area contributed by atoms with Gasteiger partial charge in [0.25, 0.3) is 5.91 Å². The Hall–Kier alpha value is -2.92. The van der Waals surface area contributed by atoms with Crippen LogP contribution >= 0.6 is 15.9 Å². The summed E-state index contributed by atoms with van der Waals surface area (Å²) in [5, 5.41) is 12.1. The molecule has 0 fully saturated rings.